The van der Waals surface area contributed by atoms with Crippen LogP contribution >= 0.6 is 16.5 Å². The van der Waals surface area contributed by atoms with E-state index >= 15 is 0 Å². The van der Waals surface area contributed by atoms with Crippen LogP contribution in [0.1, 0.15) is 0 Å². The maximum atomic E-state index is 9.66. The fourth-order valence-electron chi connectivity index (χ4n) is 1.63. The van der Waals surface area contributed by atoms with Crippen LogP contribution in [-0.4, -0.2) is 19.6 Å². The zero-order valence-corrected chi connectivity index (χ0v) is 11.6. The molecule has 2 aromatic rings. The van der Waals surface area contributed by atoms with E-state index in [0.29, 0.717) is 0 Å². The first kappa shape index (κ1) is 14.5. The molecule has 0 aliphatic rings. The summed E-state index contributed by atoms with van der Waals surface area (Å²) < 4.78 is 4.37. The van der Waals surface area contributed by atoms with Crippen molar-refractivity contribution in [1.82, 2.24) is 0 Å². The fourth-order valence-corrected chi connectivity index (χ4v) is 3.36. The molecule has 0 amide bonds. The summed E-state index contributed by atoms with van der Waals surface area (Å²) in [6, 6.07) is 16.0. The highest BCUT2D eigenvalue weighted by atomic mass is 31.3. The minimum atomic E-state index is -3.93. The average Bonchev–Trinajstić information content (AvgIpc) is 2.38. The van der Waals surface area contributed by atoms with Gasteiger partial charge in [-0.2, -0.15) is 9.79 Å². The molecule has 2 aromatic carbocycles. The van der Waals surface area contributed by atoms with Gasteiger partial charge in [0.1, 0.15) is 0 Å². The standard InChI is InChI=1S/C12H13O5P2/c13-18(14)17-19(15,16)12-8-6-11(7-9-12)10-4-2-1-3-5-10/h1-9,13-16H/q+1. The van der Waals surface area contributed by atoms with Crippen molar-refractivity contribution in [2.24, 2.45) is 0 Å². The van der Waals surface area contributed by atoms with Crippen LogP contribution in [0.25, 0.3) is 11.1 Å². The lowest BCUT2D eigenvalue weighted by atomic mass is 10.1. The minimum absolute atomic E-state index is 0.128. The monoisotopic (exact) mass is 299 g/mol. The third-order valence-corrected chi connectivity index (χ3v) is 4.96. The second kappa shape index (κ2) is 6.04. The maximum absolute atomic E-state index is 9.66. The summed E-state index contributed by atoms with van der Waals surface area (Å²) >= 11 is 0. The molecule has 0 saturated heterocycles. The first-order valence-electron chi connectivity index (χ1n) is 5.37. The normalized spacial score (nSPS) is 11.8. The Morgan fingerprint density at radius 1 is 0.789 bits per heavy atom. The van der Waals surface area contributed by atoms with Gasteiger partial charge in [-0.25, -0.2) is 0 Å². The van der Waals surface area contributed by atoms with Crippen LogP contribution in [0.4, 0.5) is 0 Å². The molecular formula is C12H13O5P2+. The Kier molecular flexibility index (Phi) is 4.61. The quantitative estimate of drug-likeness (QED) is 0.648. The number of benzene rings is 2. The molecule has 0 aliphatic carbocycles. The van der Waals surface area contributed by atoms with E-state index in [1.165, 1.54) is 12.1 Å². The van der Waals surface area contributed by atoms with Gasteiger partial charge in [-0.1, -0.05) is 46.8 Å². The van der Waals surface area contributed by atoms with Crippen molar-refractivity contribution in [2.45, 2.75) is 0 Å². The van der Waals surface area contributed by atoms with Gasteiger partial charge in [0.05, 0.1) is 0 Å². The van der Waals surface area contributed by atoms with Gasteiger partial charge in [0.15, 0.2) is 5.30 Å². The van der Waals surface area contributed by atoms with E-state index in [2.05, 4.69) is 4.31 Å². The smallest absolute Gasteiger partial charge is 0.326 e. The molecule has 0 spiro atoms. The van der Waals surface area contributed by atoms with Gasteiger partial charge in [0.25, 0.3) is 0 Å². The van der Waals surface area contributed by atoms with Crippen LogP contribution < -0.4 is 5.30 Å². The molecule has 100 valence electrons. The van der Waals surface area contributed by atoms with Gasteiger partial charge in [-0.15, -0.1) is 0 Å². The third-order valence-electron chi connectivity index (χ3n) is 2.50. The Morgan fingerprint density at radius 2 is 1.32 bits per heavy atom. The zero-order chi connectivity index (χ0) is 13.9. The molecular weight excluding hydrogens is 286 g/mol. The first-order chi connectivity index (χ1) is 8.99. The lowest BCUT2D eigenvalue weighted by molar-refractivity contribution is 0.311. The SMILES string of the molecule is OP(O)O[P+](O)(O)c1ccc(-c2ccccc2)cc1. The van der Waals surface area contributed by atoms with Crippen molar-refractivity contribution in [3.8, 4) is 11.1 Å². The fraction of sp³-hybridized carbons (Fsp3) is 0. The van der Waals surface area contributed by atoms with Crippen LogP contribution in [0.15, 0.2) is 54.6 Å². The highest BCUT2D eigenvalue weighted by Gasteiger charge is 2.43. The van der Waals surface area contributed by atoms with Crippen LogP contribution in [-0.2, 0) is 4.31 Å². The van der Waals surface area contributed by atoms with Gasteiger partial charge in [0.2, 0.25) is 0 Å². The average molecular weight is 299 g/mol. The lowest BCUT2D eigenvalue weighted by Gasteiger charge is -2.10. The van der Waals surface area contributed by atoms with Crippen molar-refractivity contribution in [3.05, 3.63) is 54.6 Å². The highest BCUT2D eigenvalue weighted by molar-refractivity contribution is 7.72. The molecule has 2 rings (SSSR count). The molecule has 0 radical (unpaired) electrons. The molecule has 5 nitrogen and oxygen atoms in total. The summed E-state index contributed by atoms with van der Waals surface area (Å²) in [5.74, 6) is 0. The van der Waals surface area contributed by atoms with Gasteiger partial charge >= 0.3 is 16.5 Å². The molecule has 7 heteroatoms. The van der Waals surface area contributed by atoms with Crippen LogP contribution in [0, 0.1) is 0 Å². The summed E-state index contributed by atoms with van der Waals surface area (Å²) in [6.07, 6.45) is 0. The van der Waals surface area contributed by atoms with Gasteiger partial charge in [0, 0.05) is 0 Å². The summed E-state index contributed by atoms with van der Waals surface area (Å²) in [4.78, 5) is 36.7. The summed E-state index contributed by atoms with van der Waals surface area (Å²) in [5, 5.41) is 0.128. The molecule has 0 unspecified atom stereocenters. The third kappa shape index (κ3) is 3.78. The zero-order valence-electron chi connectivity index (χ0n) is 9.79. The molecule has 0 fully saturated rings. The van der Waals surface area contributed by atoms with Crippen molar-refractivity contribution in [2.75, 3.05) is 0 Å². The second-order valence-corrected chi connectivity index (χ2v) is 6.55. The van der Waals surface area contributed by atoms with E-state index in [4.69, 9.17) is 9.79 Å². The van der Waals surface area contributed by atoms with E-state index in [1.807, 2.05) is 30.3 Å². The van der Waals surface area contributed by atoms with Crippen molar-refractivity contribution in [3.63, 3.8) is 0 Å². The molecule has 0 aromatic heterocycles. The van der Waals surface area contributed by atoms with E-state index < -0.39 is 16.5 Å². The molecule has 0 bridgehead atoms. The minimum Gasteiger partial charge on any atom is -0.326 e. The maximum Gasteiger partial charge on any atom is 0.451 e. The lowest BCUT2D eigenvalue weighted by Crippen LogP contribution is -2.11. The molecule has 19 heavy (non-hydrogen) atoms. The Bertz CT molecular complexity index is 528. The Hall–Kier alpha value is -0.900. The number of hydrogen-bond acceptors (Lipinski definition) is 5. The van der Waals surface area contributed by atoms with Gasteiger partial charge in [-0.05, 0) is 23.3 Å². The van der Waals surface area contributed by atoms with Crippen LogP contribution in [0.5, 0.6) is 0 Å². The predicted molar refractivity (Wildman–Crippen MR) is 75.3 cm³/mol. The topological polar surface area (TPSA) is 90.2 Å². The number of rotatable bonds is 4. The van der Waals surface area contributed by atoms with E-state index in [-0.39, 0.29) is 5.30 Å². The first-order valence-corrected chi connectivity index (χ1v) is 8.15. The molecule has 0 atom stereocenters. The van der Waals surface area contributed by atoms with E-state index in [1.54, 1.807) is 12.1 Å². The van der Waals surface area contributed by atoms with Crippen molar-refractivity contribution >= 4 is 21.9 Å². The van der Waals surface area contributed by atoms with E-state index in [0.717, 1.165) is 11.1 Å². The second-order valence-electron chi connectivity index (χ2n) is 3.79. The Morgan fingerprint density at radius 3 is 1.84 bits per heavy atom. The van der Waals surface area contributed by atoms with Gasteiger partial charge < -0.3 is 9.79 Å². The molecule has 0 saturated carbocycles. The predicted octanol–water partition coefficient (Wildman–Crippen LogP) is 1.95. The molecule has 4 N–H and O–H groups in total. The Labute approximate surface area is 112 Å². The number of hydrogen-bond donors (Lipinski definition) is 4. The summed E-state index contributed by atoms with van der Waals surface area (Å²) in [7, 11) is -6.75. The van der Waals surface area contributed by atoms with Crippen LogP contribution in [0.3, 0.4) is 0 Å². The van der Waals surface area contributed by atoms with E-state index in [9.17, 15) is 9.79 Å². The Balaban J connectivity index is 2.24. The summed E-state index contributed by atoms with van der Waals surface area (Å²) in [6.45, 7) is 0. The summed E-state index contributed by atoms with van der Waals surface area (Å²) in [5.41, 5.74) is 1.92. The largest absolute Gasteiger partial charge is 0.451 e. The van der Waals surface area contributed by atoms with Gasteiger partial charge in [-0.3, -0.25) is 0 Å². The van der Waals surface area contributed by atoms with Crippen molar-refractivity contribution in [1.29, 1.82) is 0 Å². The molecule has 0 heterocycles. The van der Waals surface area contributed by atoms with Crippen molar-refractivity contribution < 1.29 is 23.9 Å². The molecule has 0 aliphatic heterocycles. The van der Waals surface area contributed by atoms with Crippen LogP contribution in [0.2, 0.25) is 0 Å². The highest BCUT2D eigenvalue weighted by Crippen LogP contribution is 2.58.